The van der Waals surface area contributed by atoms with Gasteiger partial charge in [-0.05, 0) is 43.5 Å². The zero-order valence-corrected chi connectivity index (χ0v) is 16.2. The van der Waals surface area contributed by atoms with Gasteiger partial charge in [0.15, 0.2) is 10.8 Å². The fourth-order valence-electron chi connectivity index (χ4n) is 3.57. The predicted octanol–water partition coefficient (Wildman–Crippen LogP) is 3.86. The summed E-state index contributed by atoms with van der Waals surface area (Å²) in [6.45, 7) is 6.98. The molecular weight excluding hydrogens is 358 g/mol. The fraction of sp³-hybridized carbons (Fsp3) is 0.350. The number of ether oxygens (including phenoxy) is 1. The van der Waals surface area contributed by atoms with Gasteiger partial charge in [0.2, 0.25) is 5.88 Å². The molecule has 3 aromatic heterocycles. The summed E-state index contributed by atoms with van der Waals surface area (Å²) in [4.78, 5) is 11.5. The molecule has 7 heteroatoms. The van der Waals surface area contributed by atoms with Crippen molar-refractivity contribution in [3.05, 3.63) is 47.8 Å². The van der Waals surface area contributed by atoms with Crippen LogP contribution in [0.2, 0.25) is 0 Å². The Balaban J connectivity index is 1.26. The van der Waals surface area contributed by atoms with Gasteiger partial charge in [0.05, 0.1) is 16.8 Å². The molecule has 0 saturated carbocycles. The molecule has 1 aliphatic rings. The SMILES string of the molecule is Cc1ccc2sc(N3CCC(COc4ccc5nccn5n4)C3)nc2c1C. The number of anilines is 1. The second kappa shape index (κ2) is 6.49. The van der Waals surface area contributed by atoms with E-state index in [2.05, 4.69) is 41.0 Å². The van der Waals surface area contributed by atoms with E-state index in [0.717, 1.165) is 35.8 Å². The Morgan fingerprint density at radius 2 is 2.15 bits per heavy atom. The highest BCUT2D eigenvalue weighted by atomic mass is 32.1. The number of aryl methyl sites for hydroxylation is 2. The van der Waals surface area contributed by atoms with Crippen molar-refractivity contribution in [1.29, 1.82) is 0 Å². The highest BCUT2D eigenvalue weighted by Crippen LogP contribution is 2.34. The lowest BCUT2D eigenvalue weighted by molar-refractivity contribution is 0.249. The highest BCUT2D eigenvalue weighted by Gasteiger charge is 2.26. The molecule has 1 unspecified atom stereocenters. The zero-order valence-electron chi connectivity index (χ0n) is 15.4. The number of thiazole rings is 1. The minimum Gasteiger partial charge on any atom is -0.476 e. The van der Waals surface area contributed by atoms with Gasteiger partial charge >= 0.3 is 0 Å². The second-order valence-electron chi connectivity index (χ2n) is 7.16. The number of hydrogen-bond acceptors (Lipinski definition) is 6. The smallest absolute Gasteiger partial charge is 0.231 e. The zero-order chi connectivity index (χ0) is 18.4. The third-order valence-electron chi connectivity index (χ3n) is 5.33. The van der Waals surface area contributed by atoms with Crippen LogP contribution >= 0.6 is 11.3 Å². The van der Waals surface area contributed by atoms with Crippen LogP contribution in [0.3, 0.4) is 0 Å². The van der Waals surface area contributed by atoms with Crippen LogP contribution in [0.15, 0.2) is 36.7 Å². The average Bonchev–Trinajstić information content (AvgIpc) is 3.41. The van der Waals surface area contributed by atoms with Gasteiger partial charge in [-0.2, -0.15) is 0 Å². The summed E-state index contributed by atoms with van der Waals surface area (Å²) in [5, 5.41) is 5.55. The van der Waals surface area contributed by atoms with E-state index in [1.807, 2.05) is 18.3 Å². The largest absolute Gasteiger partial charge is 0.476 e. The maximum Gasteiger partial charge on any atom is 0.231 e. The molecule has 4 heterocycles. The Morgan fingerprint density at radius 1 is 1.22 bits per heavy atom. The number of fused-ring (bicyclic) bond motifs is 2. The van der Waals surface area contributed by atoms with Gasteiger partial charge in [-0.1, -0.05) is 17.4 Å². The maximum absolute atomic E-state index is 5.94. The molecule has 4 aromatic rings. The molecule has 1 atom stereocenters. The van der Waals surface area contributed by atoms with E-state index in [9.17, 15) is 0 Å². The van der Waals surface area contributed by atoms with Crippen molar-refractivity contribution in [2.45, 2.75) is 20.3 Å². The molecule has 1 aliphatic heterocycles. The van der Waals surface area contributed by atoms with Gasteiger partial charge in [-0.3, -0.25) is 0 Å². The Morgan fingerprint density at radius 3 is 3.07 bits per heavy atom. The Bertz CT molecular complexity index is 1120. The molecule has 0 spiro atoms. The van der Waals surface area contributed by atoms with Crippen molar-refractivity contribution < 1.29 is 4.74 Å². The van der Waals surface area contributed by atoms with Gasteiger partial charge < -0.3 is 9.64 Å². The van der Waals surface area contributed by atoms with Crippen molar-refractivity contribution >= 4 is 32.3 Å². The van der Waals surface area contributed by atoms with Crippen molar-refractivity contribution in [1.82, 2.24) is 19.6 Å². The van der Waals surface area contributed by atoms with Crippen LogP contribution in [0.5, 0.6) is 5.88 Å². The number of aromatic nitrogens is 4. The van der Waals surface area contributed by atoms with Crippen LogP contribution in [0, 0.1) is 19.8 Å². The number of nitrogens with zero attached hydrogens (tertiary/aromatic N) is 5. The molecule has 1 aromatic carbocycles. The van der Waals surface area contributed by atoms with Crippen LogP contribution in [0.25, 0.3) is 15.9 Å². The first kappa shape index (κ1) is 16.5. The summed E-state index contributed by atoms with van der Waals surface area (Å²) >= 11 is 1.79. The molecular formula is C20H21N5OS. The normalized spacial score (nSPS) is 17.3. The first-order valence-corrected chi connectivity index (χ1v) is 10.0. The Kier molecular flexibility index (Phi) is 3.97. The van der Waals surface area contributed by atoms with Crippen LogP contribution in [0.1, 0.15) is 17.5 Å². The number of benzene rings is 1. The highest BCUT2D eigenvalue weighted by molar-refractivity contribution is 7.22. The molecule has 0 aliphatic carbocycles. The van der Waals surface area contributed by atoms with Crippen molar-refractivity contribution in [3.63, 3.8) is 0 Å². The molecule has 1 fully saturated rings. The lowest BCUT2D eigenvalue weighted by atomic mass is 10.1. The van der Waals surface area contributed by atoms with Crippen molar-refractivity contribution in [2.75, 3.05) is 24.6 Å². The summed E-state index contributed by atoms with van der Waals surface area (Å²) in [7, 11) is 0. The first-order chi connectivity index (χ1) is 13.2. The molecule has 0 radical (unpaired) electrons. The third kappa shape index (κ3) is 3.02. The molecule has 0 bridgehead atoms. The van der Waals surface area contributed by atoms with E-state index in [4.69, 9.17) is 9.72 Å². The van der Waals surface area contributed by atoms with Gasteiger partial charge in [0.25, 0.3) is 0 Å². The topological polar surface area (TPSA) is 55.5 Å². The number of rotatable bonds is 4. The molecule has 1 saturated heterocycles. The minimum atomic E-state index is 0.486. The molecule has 27 heavy (non-hydrogen) atoms. The molecule has 138 valence electrons. The molecule has 0 amide bonds. The van der Waals surface area contributed by atoms with E-state index in [1.54, 1.807) is 22.0 Å². The fourth-order valence-corrected chi connectivity index (χ4v) is 4.63. The summed E-state index contributed by atoms with van der Waals surface area (Å²) in [5.41, 5.74) is 4.56. The van der Waals surface area contributed by atoms with E-state index in [0.29, 0.717) is 18.4 Å². The minimum absolute atomic E-state index is 0.486. The first-order valence-electron chi connectivity index (χ1n) is 9.22. The van der Waals surface area contributed by atoms with E-state index in [1.165, 1.54) is 15.8 Å². The molecule has 0 N–H and O–H groups in total. The number of imidazole rings is 1. The van der Waals surface area contributed by atoms with E-state index in [-0.39, 0.29) is 0 Å². The van der Waals surface area contributed by atoms with Crippen LogP contribution < -0.4 is 9.64 Å². The Labute approximate surface area is 161 Å². The summed E-state index contributed by atoms with van der Waals surface area (Å²) < 4.78 is 8.95. The summed E-state index contributed by atoms with van der Waals surface area (Å²) in [6, 6.07) is 8.18. The Hall–Kier alpha value is -2.67. The van der Waals surface area contributed by atoms with Gasteiger partial charge in [0, 0.05) is 37.5 Å². The monoisotopic (exact) mass is 379 g/mol. The molecule has 6 nitrogen and oxygen atoms in total. The second-order valence-corrected chi connectivity index (χ2v) is 8.17. The van der Waals surface area contributed by atoms with E-state index >= 15 is 0 Å². The third-order valence-corrected chi connectivity index (χ3v) is 6.41. The lowest BCUT2D eigenvalue weighted by Crippen LogP contribution is -2.21. The van der Waals surface area contributed by atoms with Crippen LogP contribution in [-0.4, -0.2) is 39.3 Å². The molecule has 5 rings (SSSR count). The van der Waals surface area contributed by atoms with Gasteiger partial charge in [-0.25, -0.2) is 14.5 Å². The average molecular weight is 379 g/mol. The van der Waals surface area contributed by atoms with E-state index < -0.39 is 0 Å². The maximum atomic E-state index is 5.94. The predicted molar refractivity (Wildman–Crippen MR) is 108 cm³/mol. The van der Waals surface area contributed by atoms with Crippen LogP contribution in [0.4, 0.5) is 5.13 Å². The van der Waals surface area contributed by atoms with Crippen molar-refractivity contribution in [3.8, 4) is 5.88 Å². The lowest BCUT2D eigenvalue weighted by Gasteiger charge is -2.15. The van der Waals surface area contributed by atoms with Gasteiger partial charge in [-0.15, -0.1) is 5.10 Å². The van der Waals surface area contributed by atoms with Crippen LogP contribution in [-0.2, 0) is 0 Å². The summed E-state index contributed by atoms with van der Waals surface area (Å²) in [5.74, 6) is 1.13. The van der Waals surface area contributed by atoms with Gasteiger partial charge in [0.1, 0.15) is 0 Å². The quantitative estimate of drug-likeness (QED) is 0.539. The number of hydrogen-bond donors (Lipinski definition) is 0. The standard InChI is InChI=1S/C20H21N5OS/c1-13-3-4-16-19(14(13)2)22-20(27-16)24-9-7-15(11-24)12-26-18-6-5-17-21-8-10-25(17)23-18/h3-6,8,10,15H,7,9,11-12H2,1-2H3. The summed E-state index contributed by atoms with van der Waals surface area (Å²) in [6.07, 6.45) is 4.68. The van der Waals surface area contributed by atoms with Crippen molar-refractivity contribution in [2.24, 2.45) is 5.92 Å².